The van der Waals surface area contributed by atoms with Crippen molar-refractivity contribution in [2.45, 2.75) is 6.92 Å². The Kier molecular flexibility index (Phi) is 5.01. The predicted octanol–water partition coefficient (Wildman–Crippen LogP) is 7.29. The van der Waals surface area contributed by atoms with Crippen molar-refractivity contribution < 1.29 is 9.47 Å². The molecule has 4 heteroatoms. The molecule has 0 fully saturated rings. The van der Waals surface area contributed by atoms with Gasteiger partial charge in [-0.25, -0.2) is 4.98 Å². The van der Waals surface area contributed by atoms with Crippen LogP contribution in [0, 0.1) is 6.92 Å². The fraction of sp³-hybridized carbons (Fsp3) is 0.100. The highest BCUT2D eigenvalue weighted by atomic mass is 16.7. The zero-order chi connectivity index (χ0) is 23.1. The van der Waals surface area contributed by atoms with Gasteiger partial charge in [0.2, 0.25) is 0 Å². The first-order valence-corrected chi connectivity index (χ1v) is 11.3. The number of aryl methyl sites for hydroxylation is 1. The smallest absolute Gasteiger partial charge is 0.188 e. The van der Waals surface area contributed by atoms with Crippen molar-refractivity contribution in [2.75, 3.05) is 13.9 Å². The molecule has 1 heterocycles. The summed E-state index contributed by atoms with van der Waals surface area (Å²) in [5.74, 6) is 0.781. The number of aromatic nitrogens is 2. The number of ether oxygens (including phenoxy) is 2. The molecule has 0 aliphatic rings. The molecular weight excluding hydrogens is 420 g/mol. The van der Waals surface area contributed by atoms with Crippen molar-refractivity contribution in [3.63, 3.8) is 0 Å². The average molecular weight is 445 g/mol. The molecule has 166 valence electrons. The van der Waals surface area contributed by atoms with Crippen LogP contribution in [0.5, 0.6) is 5.75 Å². The standard InChI is InChI=1S/C30H24N2O2/c1-20-15-16-21-9-3-5-11-23(21)28(20)29-24-12-6-4-10-22(24)17-27(30(29)34-19-33-2)32-18-31-25-13-7-8-14-26(25)32/h3-18H,19H2,1-2H3. The van der Waals surface area contributed by atoms with Crippen LogP contribution in [-0.4, -0.2) is 23.5 Å². The summed E-state index contributed by atoms with van der Waals surface area (Å²) in [6.45, 7) is 2.31. The molecule has 0 atom stereocenters. The van der Waals surface area contributed by atoms with Gasteiger partial charge in [0, 0.05) is 12.7 Å². The Balaban J connectivity index is 1.79. The van der Waals surface area contributed by atoms with Crippen molar-refractivity contribution in [2.24, 2.45) is 0 Å². The van der Waals surface area contributed by atoms with Gasteiger partial charge in [0.15, 0.2) is 12.5 Å². The van der Waals surface area contributed by atoms with Gasteiger partial charge >= 0.3 is 0 Å². The highest BCUT2D eigenvalue weighted by Gasteiger charge is 2.22. The van der Waals surface area contributed by atoms with Crippen LogP contribution in [0.25, 0.3) is 49.4 Å². The van der Waals surface area contributed by atoms with Crippen LogP contribution < -0.4 is 4.74 Å². The van der Waals surface area contributed by atoms with E-state index in [9.17, 15) is 0 Å². The van der Waals surface area contributed by atoms with E-state index >= 15 is 0 Å². The van der Waals surface area contributed by atoms with Gasteiger partial charge in [-0.3, -0.25) is 4.57 Å². The van der Waals surface area contributed by atoms with Gasteiger partial charge in [-0.2, -0.15) is 0 Å². The number of hydrogen-bond donors (Lipinski definition) is 0. The lowest BCUT2D eigenvalue weighted by Gasteiger charge is -2.21. The maximum Gasteiger partial charge on any atom is 0.188 e. The van der Waals surface area contributed by atoms with Crippen molar-refractivity contribution in [1.29, 1.82) is 0 Å². The monoisotopic (exact) mass is 444 g/mol. The molecule has 0 unspecified atom stereocenters. The van der Waals surface area contributed by atoms with E-state index in [0.29, 0.717) is 0 Å². The molecule has 4 nitrogen and oxygen atoms in total. The first-order valence-electron chi connectivity index (χ1n) is 11.3. The Labute approximate surface area is 198 Å². The van der Waals surface area contributed by atoms with Crippen molar-refractivity contribution in [1.82, 2.24) is 9.55 Å². The van der Waals surface area contributed by atoms with E-state index in [1.54, 1.807) is 7.11 Å². The lowest BCUT2D eigenvalue weighted by molar-refractivity contribution is 0.0516. The second kappa shape index (κ2) is 8.32. The summed E-state index contributed by atoms with van der Waals surface area (Å²) < 4.78 is 13.9. The molecule has 34 heavy (non-hydrogen) atoms. The number of hydrogen-bond acceptors (Lipinski definition) is 3. The molecule has 0 amide bonds. The van der Waals surface area contributed by atoms with E-state index in [1.807, 2.05) is 24.5 Å². The van der Waals surface area contributed by atoms with E-state index in [0.717, 1.165) is 38.8 Å². The number of rotatable bonds is 5. The molecule has 5 aromatic carbocycles. The Bertz CT molecular complexity index is 1670. The summed E-state index contributed by atoms with van der Waals surface area (Å²) in [5, 5.41) is 4.68. The van der Waals surface area contributed by atoms with Crippen LogP contribution in [0.15, 0.2) is 97.3 Å². The molecule has 0 spiro atoms. The number of benzene rings is 5. The summed E-state index contributed by atoms with van der Waals surface area (Å²) in [6, 6.07) is 31.7. The maximum atomic E-state index is 6.39. The quantitative estimate of drug-likeness (QED) is 0.262. The molecule has 0 aliphatic carbocycles. The molecule has 6 aromatic rings. The van der Waals surface area contributed by atoms with Gasteiger partial charge in [-0.1, -0.05) is 72.8 Å². The largest absolute Gasteiger partial charge is 0.465 e. The fourth-order valence-electron chi connectivity index (χ4n) is 4.87. The van der Waals surface area contributed by atoms with Crippen LogP contribution in [-0.2, 0) is 4.74 Å². The highest BCUT2D eigenvalue weighted by molar-refractivity contribution is 6.10. The van der Waals surface area contributed by atoms with Crippen LogP contribution >= 0.6 is 0 Å². The third-order valence-corrected chi connectivity index (χ3v) is 6.40. The molecule has 0 saturated carbocycles. The molecule has 0 bridgehead atoms. The third-order valence-electron chi connectivity index (χ3n) is 6.40. The lowest BCUT2D eigenvalue weighted by Crippen LogP contribution is -2.06. The lowest BCUT2D eigenvalue weighted by atomic mass is 9.89. The molecule has 0 radical (unpaired) electrons. The van der Waals surface area contributed by atoms with Crippen LogP contribution in [0.1, 0.15) is 5.56 Å². The fourth-order valence-corrected chi connectivity index (χ4v) is 4.87. The topological polar surface area (TPSA) is 36.3 Å². The van der Waals surface area contributed by atoms with Gasteiger partial charge in [-0.15, -0.1) is 0 Å². The van der Waals surface area contributed by atoms with Gasteiger partial charge < -0.3 is 9.47 Å². The second-order valence-electron chi connectivity index (χ2n) is 8.45. The van der Waals surface area contributed by atoms with Crippen molar-refractivity contribution in [3.05, 3.63) is 103 Å². The summed E-state index contributed by atoms with van der Waals surface area (Å²) >= 11 is 0. The van der Waals surface area contributed by atoms with Crippen molar-refractivity contribution in [3.8, 4) is 22.6 Å². The maximum absolute atomic E-state index is 6.39. The SMILES string of the molecule is COCOc1c(-n2cnc3ccccc32)cc2ccccc2c1-c1c(C)ccc2ccccc12. The Hall–Kier alpha value is -4.15. The van der Waals surface area contributed by atoms with E-state index in [1.165, 1.54) is 21.9 Å². The number of fused-ring (bicyclic) bond motifs is 3. The molecule has 6 rings (SSSR count). The zero-order valence-electron chi connectivity index (χ0n) is 19.2. The Morgan fingerprint density at radius 1 is 0.765 bits per heavy atom. The summed E-state index contributed by atoms with van der Waals surface area (Å²) in [6.07, 6.45) is 1.87. The van der Waals surface area contributed by atoms with Gasteiger partial charge in [-0.05, 0) is 57.8 Å². The number of methoxy groups -OCH3 is 1. The number of para-hydroxylation sites is 2. The zero-order valence-corrected chi connectivity index (χ0v) is 19.2. The minimum atomic E-state index is 0.148. The van der Waals surface area contributed by atoms with E-state index in [-0.39, 0.29) is 6.79 Å². The van der Waals surface area contributed by atoms with Crippen LogP contribution in [0.2, 0.25) is 0 Å². The van der Waals surface area contributed by atoms with E-state index in [4.69, 9.17) is 9.47 Å². The van der Waals surface area contributed by atoms with E-state index in [2.05, 4.69) is 89.3 Å². The number of imidazole rings is 1. The molecule has 0 saturated heterocycles. The normalized spacial score (nSPS) is 11.5. The van der Waals surface area contributed by atoms with Crippen LogP contribution in [0.4, 0.5) is 0 Å². The summed E-state index contributed by atoms with van der Waals surface area (Å²) in [4.78, 5) is 4.64. The summed E-state index contributed by atoms with van der Waals surface area (Å²) in [5.41, 5.74) is 6.34. The van der Waals surface area contributed by atoms with Gasteiger partial charge in [0.1, 0.15) is 6.33 Å². The Morgan fingerprint density at radius 2 is 1.47 bits per heavy atom. The third kappa shape index (κ3) is 3.23. The predicted molar refractivity (Wildman–Crippen MR) is 139 cm³/mol. The minimum absolute atomic E-state index is 0.148. The number of nitrogens with zero attached hydrogens (tertiary/aromatic N) is 2. The van der Waals surface area contributed by atoms with E-state index < -0.39 is 0 Å². The summed E-state index contributed by atoms with van der Waals surface area (Å²) in [7, 11) is 1.65. The van der Waals surface area contributed by atoms with Crippen LogP contribution in [0.3, 0.4) is 0 Å². The molecule has 1 aromatic heterocycles. The van der Waals surface area contributed by atoms with Gasteiger partial charge in [0.05, 0.1) is 16.7 Å². The first kappa shape index (κ1) is 20.5. The Morgan fingerprint density at radius 3 is 2.29 bits per heavy atom. The van der Waals surface area contributed by atoms with Crippen molar-refractivity contribution >= 4 is 32.6 Å². The minimum Gasteiger partial charge on any atom is -0.465 e. The molecular formula is C30H24N2O2. The molecule has 0 N–H and O–H groups in total. The first-order chi connectivity index (χ1) is 16.8. The molecule has 0 aliphatic heterocycles. The average Bonchev–Trinajstić information content (AvgIpc) is 3.31. The second-order valence-corrected chi connectivity index (χ2v) is 8.45. The highest BCUT2D eigenvalue weighted by Crippen LogP contribution is 2.46. The van der Waals surface area contributed by atoms with Gasteiger partial charge in [0.25, 0.3) is 0 Å².